The topological polar surface area (TPSA) is 68.3 Å². The summed E-state index contributed by atoms with van der Waals surface area (Å²) in [5.41, 5.74) is 5.28. The SMILES string of the molecule is CC(C)(CCCOC1COC1)C(=N)N. The quantitative estimate of drug-likeness (QED) is 0.384. The Morgan fingerprint density at radius 2 is 2.21 bits per heavy atom. The number of nitrogens with two attached hydrogens (primary N) is 1. The van der Waals surface area contributed by atoms with E-state index in [0.717, 1.165) is 32.7 Å². The average Bonchev–Trinajstić information content (AvgIpc) is 2.00. The molecular formula is C10H20N2O2. The van der Waals surface area contributed by atoms with Crippen LogP contribution in [0.25, 0.3) is 0 Å². The van der Waals surface area contributed by atoms with Crippen molar-refractivity contribution in [2.45, 2.75) is 32.8 Å². The Kier molecular flexibility index (Phi) is 3.89. The Morgan fingerprint density at radius 3 is 2.64 bits per heavy atom. The van der Waals surface area contributed by atoms with Crippen LogP contribution in [0, 0.1) is 10.8 Å². The maximum absolute atomic E-state index is 7.38. The van der Waals surface area contributed by atoms with Gasteiger partial charge in [-0.05, 0) is 12.8 Å². The molecule has 0 aromatic heterocycles. The number of ether oxygens (including phenoxy) is 2. The Hall–Kier alpha value is -0.610. The molecule has 0 atom stereocenters. The highest BCUT2D eigenvalue weighted by atomic mass is 16.6. The van der Waals surface area contributed by atoms with Gasteiger partial charge in [-0.3, -0.25) is 5.41 Å². The lowest BCUT2D eigenvalue weighted by atomic mass is 9.87. The van der Waals surface area contributed by atoms with E-state index in [0.29, 0.717) is 6.10 Å². The summed E-state index contributed by atoms with van der Waals surface area (Å²) < 4.78 is 10.5. The molecule has 0 bridgehead atoms. The van der Waals surface area contributed by atoms with E-state index in [1.807, 2.05) is 13.8 Å². The van der Waals surface area contributed by atoms with E-state index >= 15 is 0 Å². The Labute approximate surface area is 85.3 Å². The van der Waals surface area contributed by atoms with E-state index in [1.54, 1.807) is 0 Å². The van der Waals surface area contributed by atoms with Crippen molar-refractivity contribution in [1.82, 2.24) is 0 Å². The molecule has 1 aliphatic heterocycles. The number of nitrogens with one attached hydrogen (secondary N) is 1. The van der Waals surface area contributed by atoms with E-state index < -0.39 is 0 Å². The molecule has 0 aliphatic carbocycles. The third-order valence-corrected chi connectivity index (χ3v) is 2.64. The van der Waals surface area contributed by atoms with Gasteiger partial charge in [-0.25, -0.2) is 0 Å². The van der Waals surface area contributed by atoms with E-state index in [4.69, 9.17) is 20.6 Å². The lowest BCUT2D eigenvalue weighted by molar-refractivity contribution is -0.130. The third-order valence-electron chi connectivity index (χ3n) is 2.64. The van der Waals surface area contributed by atoms with Gasteiger partial charge in [-0.15, -0.1) is 0 Å². The second-order valence-corrected chi connectivity index (χ2v) is 4.43. The Bertz CT molecular complexity index is 200. The fraction of sp³-hybridized carbons (Fsp3) is 0.900. The van der Waals surface area contributed by atoms with Gasteiger partial charge in [0.2, 0.25) is 0 Å². The summed E-state index contributed by atoms with van der Waals surface area (Å²) in [4.78, 5) is 0. The molecule has 3 N–H and O–H groups in total. The molecule has 0 amide bonds. The molecule has 82 valence electrons. The van der Waals surface area contributed by atoms with Gasteiger partial charge in [0, 0.05) is 12.0 Å². The number of hydrogen-bond donors (Lipinski definition) is 2. The summed E-state index contributed by atoms with van der Waals surface area (Å²) in [6, 6.07) is 0. The second kappa shape index (κ2) is 4.75. The molecular weight excluding hydrogens is 180 g/mol. The normalized spacial score (nSPS) is 17.9. The predicted molar refractivity (Wildman–Crippen MR) is 55.5 cm³/mol. The highest BCUT2D eigenvalue weighted by Gasteiger charge is 2.22. The lowest BCUT2D eigenvalue weighted by Crippen LogP contribution is -2.36. The Balaban J connectivity index is 2.04. The van der Waals surface area contributed by atoms with Gasteiger partial charge in [0.15, 0.2) is 0 Å². The minimum atomic E-state index is -0.195. The summed E-state index contributed by atoms with van der Waals surface area (Å²) in [7, 11) is 0. The van der Waals surface area contributed by atoms with Crippen LogP contribution in [-0.2, 0) is 9.47 Å². The minimum Gasteiger partial charge on any atom is -0.387 e. The zero-order valence-corrected chi connectivity index (χ0v) is 9.01. The molecule has 0 spiro atoms. The van der Waals surface area contributed by atoms with Crippen LogP contribution in [0.4, 0.5) is 0 Å². The molecule has 0 aromatic carbocycles. The molecule has 0 aromatic rings. The van der Waals surface area contributed by atoms with Gasteiger partial charge in [0.25, 0.3) is 0 Å². The molecule has 1 fully saturated rings. The van der Waals surface area contributed by atoms with Crippen LogP contribution < -0.4 is 5.73 Å². The Morgan fingerprint density at radius 1 is 1.57 bits per heavy atom. The van der Waals surface area contributed by atoms with E-state index in [2.05, 4.69) is 0 Å². The summed E-state index contributed by atoms with van der Waals surface area (Å²) in [5, 5.41) is 7.38. The molecule has 14 heavy (non-hydrogen) atoms. The molecule has 1 aliphatic rings. The summed E-state index contributed by atoms with van der Waals surface area (Å²) in [6.07, 6.45) is 2.15. The van der Waals surface area contributed by atoms with Gasteiger partial charge in [-0.2, -0.15) is 0 Å². The van der Waals surface area contributed by atoms with Crippen LogP contribution in [0.2, 0.25) is 0 Å². The molecule has 1 heterocycles. The maximum atomic E-state index is 7.38. The largest absolute Gasteiger partial charge is 0.387 e. The van der Waals surface area contributed by atoms with Crippen molar-refractivity contribution in [3.63, 3.8) is 0 Å². The van der Waals surface area contributed by atoms with Gasteiger partial charge in [0.05, 0.1) is 19.0 Å². The summed E-state index contributed by atoms with van der Waals surface area (Å²) in [6.45, 7) is 6.18. The lowest BCUT2D eigenvalue weighted by Gasteiger charge is -2.27. The van der Waals surface area contributed by atoms with Crippen LogP contribution >= 0.6 is 0 Å². The zero-order chi connectivity index (χ0) is 10.6. The molecule has 1 rings (SSSR count). The minimum absolute atomic E-state index is 0.195. The van der Waals surface area contributed by atoms with Crippen LogP contribution in [0.15, 0.2) is 0 Å². The van der Waals surface area contributed by atoms with Crippen molar-refractivity contribution in [2.24, 2.45) is 11.1 Å². The molecule has 4 heteroatoms. The van der Waals surface area contributed by atoms with E-state index in [1.165, 1.54) is 0 Å². The second-order valence-electron chi connectivity index (χ2n) is 4.43. The van der Waals surface area contributed by atoms with Crippen molar-refractivity contribution in [3.8, 4) is 0 Å². The first kappa shape index (κ1) is 11.5. The monoisotopic (exact) mass is 200 g/mol. The number of hydrogen-bond acceptors (Lipinski definition) is 3. The fourth-order valence-corrected chi connectivity index (χ4v) is 1.21. The molecule has 0 radical (unpaired) electrons. The van der Waals surface area contributed by atoms with Gasteiger partial charge >= 0.3 is 0 Å². The number of amidine groups is 1. The highest BCUT2D eigenvalue weighted by molar-refractivity contribution is 5.82. The van der Waals surface area contributed by atoms with Crippen LogP contribution in [0.3, 0.4) is 0 Å². The smallest absolute Gasteiger partial charge is 0.104 e. The van der Waals surface area contributed by atoms with Crippen LogP contribution in [-0.4, -0.2) is 31.8 Å². The van der Waals surface area contributed by atoms with Crippen molar-refractivity contribution >= 4 is 5.84 Å². The predicted octanol–water partition coefficient (Wildman–Crippen LogP) is 1.14. The standard InChI is InChI=1S/C10H20N2O2/c1-10(2,9(11)12)4-3-5-14-8-6-13-7-8/h8H,3-7H2,1-2H3,(H3,11,12). The van der Waals surface area contributed by atoms with Crippen LogP contribution in [0.1, 0.15) is 26.7 Å². The van der Waals surface area contributed by atoms with Crippen molar-refractivity contribution in [2.75, 3.05) is 19.8 Å². The maximum Gasteiger partial charge on any atom is 0.104 e. The van der Waals surface area contributed by atoms with Gasteiger partial charge in [0.1, 0.15) is 6.10 Å². The molecule has 0 saturated carbocycles. The first-order valence-electron chi connectivity index (χ1n) is 5.06. The van der Waals surface area contributed by atoms with Crippen LogP contribution in [0.5, 0.6) is 0 Å². The molecule has 1 saturated heterocycles. The van der Waals surface area contributed by atoms with E-state index in [9.17, 15) is 0 Å². The highest BCUT2D eigenvalue weighted by Crippen LogP contribution is 2.21. The van der Waals surface area contributed by atoms with Crippen molar-refractivity contribution in [3.05, 3.63) is 0 Å². The average molecular weight is 200 g/mol. The zero-order valence-electron chi connectivity index (χ0n) is 9.01. The summed E-state index contributed by atoms with van der Waals surface area (Å²) >= 11 is 0. The van der Waals surface area contributed by atoms with Gasteiger partial charge in [-0.1, -0.05) is 13.8 Å². The van der Waals surface area contributed by atoms with Crippen molar-refractivity contribution < 1.29 is 9.47 Å². The van der Waals surface area contributed by atoms with E-state index in [-0.39, 0.29) is 11.3 Å². The van der Waals surface area contributed by atoms with Gasteiger partial charge < -0.3 is 15.2 Å². The summed E-state index contributed by atoms with van der Waals surface area (Å²) in [5.74, 6) is 0.254. The molecule has 4 nitrogen and oxygen atoms in total. The third kappa shape index (κ3) is 3.27. The first-order valence-corrected chi connectivity index (χ1v) is 5.06. The molecule has 0 unspecified atom stereocenters. The fourth-order valence-electron chi connectivity index (χ4n) is 1.21. The number of rotatable bonds is 6. The van der Waals surface area contributed by atoms with Crippen molar-refractivity contribution in [1.29, 1.82) is 5.41 Å². The first-order chi connectivity index (χ1) is 6.52.